The van der Waals surface area contributed by atoms with Gasteiger partial charge >= 0.3 is 0 Å². The number of fused-ring (bicyclic) bond motifs is 2. The molecular formula is C17H11N3OS. The first-order chi connectivity index (χ1) is 10.8. The second kappa shape index (κ2) is 5.20. The number of hydrogen-bond donors (Lipinski definition) is 1. The summed E-state index contributed by atoms with van der Waals surface area (Å²) in [6.45, 7) is 0. The predicted molar refractivity (Wildman–Crippen MR) is 89.3 cm³/mol. The Labute approximate surface area is 130 Å². The van der Waals surface area contributed by atoms with Crippen molar-refractivity contribution in [2.75, 3.05) is 5.32 Å². The summed E-state index contributed by atoms with van der Waals surface area (Å²) in [7, 11) is 0. The number of aromatic nitrogens is 2. The summed E-state index contributed by atoms with van der Waals surface area (Å²) < 4.78 is 8.43. The Kier molecular flexibility index (Phi) is 3.05. The second-order valence-electron chi connectivity index (χ2n) is 4.92. The van der Waals surface area contributed by atoms with Crippen LogP contribution in [-0.2, 0) is 0 Å². The van der Waals surface area contributed by atoms with Crippen molar-refractivity contribution in [1.82, 2.24) is 8.75 Å². The summed E-state index contributed by atoms with van der Waals surface area (Å²) in [6, 6.07) is 19.2. The highest BCUT2D eigenvalue weighted by atomic mass is 32.1. The lowest BCUT2D eigenvalue weighted by molar-refractivity contribution is 0.102. The molecule has 4 rings (SSSR count). The number of nitrogens with one attached hydrogen (secondary N) is 1. The van der Waals surface area contributed by atoms with Crippen LogP contribution < -0.4 is 5.32 Å². The molecule has 0 aliphatic heterocycles. The van der Waals surface area contributed by atoms with E-state index in [1.165, 1.54) is 0 Å². The number of carbonyl (C=O) groups is 1. The molecule has 0 atom stereocenters. The van der Waals surface area contributed by atoms with Crippen molar-refractivity contribution in [2.24, 2.45) is 0 Å². The fourth-order valence-corrected chi connectivity index (χ4v) is 3.07. The molecule has 1 heterocycles. The highest BCUT2D eigenvalue weighted by Crippen LogP contribution is 2.24. The van der Waals surface area contributed by atoms with Gasteiger partial charge < -0.3 is 5.32 Å². The Balaban J connectivity index is 1.77. The fourth-order valence-electron chi connectivity index (χ4n) is 2.52. The number of benzene rings is 3. The molecule has 0 saturated heterocycles. The molecule has 0 spiro atoms. The average molecular weight is 305 g/mol. The lowest BCUT2D eigenvalue weighted by atomic mass is 10.0. The maximum Gasteiger partial charge on any atom is 0.256 e. The van der Waals surface area contributed by atoms with Crippen molar-refractivity contribution in [3.63, 3.8) is 0 Å². The van der Waals surface area contributed by atoms with Crippen molar-refractivity contribution in [3.05, 3.63) is 66.2 Å². The van der Waals surface area contributed by atoms with E-state index < -0.39 is 0 Å². The van der Waals surface area contributed by atoms with Crippen LogP contribution in [0.3, 0.4) is 0 Å². The summed E-state index contributed by atoms with van der Waals surface area (Å²) >= 11 is 1.14. The largest absolute Gasteiger partial charge is 0.320 e. The van der Waals surface area contributed by atoms with Gasteiger partial charge in [0.15, 0.2) is 0 Å². The SMILES string of the molecule is O=C(Nc1cccc2nsnc12)c1cccc2ccccc12. The second-order valence-corrected chi connectivity index (χ2v) is 5.45. The number of amides is 1. The molecule has 3 aromatic carbocycles. The minimum absolute atomic E-state index is 0.141. The van der Waals surface area contributed by atoms with Gasteiger partial charge in [-0.2, -0.15) is 8.75 Å². The number of carbonyl (C=O) groups excluding carboxylic acids is 1. The van der Waals surface area contributed by atoms with E-state index in [1.807, 2.05) is 60.7 Å². The maximum atomic E-state index is 12.6. The van der Waals surface area contributed by atoms with E-state index in [2.05, 4.69) is 14.1 Å². The Bertz CT molecular complexity index is 988. The van der Waals surface area contributed by atoms with Crippen LogP contribution in [0.15, 0.2) is 60.7 Å². The van der Waals surface area contributed by atoms with Crippen molar-refractivity contribution in [2.45, 2.75) is 0 Å². The Morgan fingerprint density at radius 1 is 0.909 bits per heavy atom. The van der Waals surface area contributed by atoms with Crippen LogP contribution >= 0.6 is 11.7 Å². The summed E-state index contributed by atoms with van der Waals surface area (Å²) in [4.78, 5) is 12.6. The smallest absolute Gasteiger partial charge is 0.256 e. The lowest BCUT2D eigenvalue weighted by Gasteiger charge is -2.08. The lowest BCUT2D eigenvalue weighted by Crippen LogP contribution is -2.12. The zero-order valence-electron chi connectivity index (χ0n) is 11.5. The molecule has 1 aromatic heterocycles. The van der Waals surface area contributed by atoms with Gasteiger partial charge in [0.2, 0.25) is 0 Å². The standard InChI is InChI=1S/C17H11N3OS/c21-17(13-8-3-6-11-5-1-2-7-12(11)13)18-14-9-4-10-15-16(14)20-22-19-15/h1-10H,(H,18,21). The van der Waals surface area contributed by atoms with Gasteiger partial charge in [0.25, 0.3) is 5.91 Å². The molecule has 0 bridgehead atoms. The number of hydrogen-bond acceptors (Lipinski definition) is 4. The predicted octanol–water partition coefficient (Wildman–Crippen LogP) is 4.10. The quantitative estimate of drug-likeness (QED) is 0.606. The normalized spacial score (nSPS) is 10.9. The molecule has 0 radical (unpaired) electrons. The molecule has 22 heavy (non-hydrogen) atoms. The first kappa shape index (κ1) is 12.9. The molecule has 0 saturated carbocycles. The van der Waals surface area contributed by atoms with Crippen LogP contribution in [0.5, 0.6) is 0 Å². The van der Waals surface area contributed by atoms with E-state index in [0.717, 1.165) is 33.5 Å². The van der Waals surface area contributed by atoms with E-state index in [0.29, 0.717) is 11.3 Å². The first-order valence-corrected chi connectivity index (χ1v) is 7.56. The van der Waals surface area contributed by atoms with E-state index in [-0.39, 0.29) is 5.91 Å². The van der Waals surface area contributed by atoms with Crippen LogP contribution in [0.1, 0.15) is 10.4 Å². The highest BCUT2D eigenvalue weighted by molar-refractivity contribution is 7.00. The molecule has 0 aliphatic rings. The summed E-state index contributed by atoms with van der Waals surface area (Å²) in [5.74, 6) is -0.141. The van der Waals surface area contributed by atoms with E-state index in [9.17, 15) is 4.79 Å². The van der Waals surface area contributed by atoms with Gasteiger partial charge in [-0.25, -0.2) is 0 Å². The molecule has 106 valence electrons. The maximum absolute atomic E-state index is 12.6. The number of anilines is 1. The van der Waals surface area contributed by atoms with Gasteiger partial charge in [-0.05, 0) is 29.0 Å². The molecule has 4 nitrogen and oxygen atoms in total. The van der Waals surface area contributed by atoms with Gasteiger partial charge in [-0.1, -0.05) is 42.5 Å². The molecule has 4 aromatic rings. The van der Waals surface area contributed by atoms with Crippen LogP contribution in [-0.4, -0.2) is 14.7 Å². The topological polar surface area (TPSA) is 54.9 Å². The molecular weight excluding hydrogens is 294 g/mol. The van der Waals surface area contributed by atoms with Crippen molar-refractivity contribution in [3.8, 4) is 0 Å². The Morgan fingerprint density at radius 2 is 1.73 bits per heavy atom. The third-order valence-electron chi connectivity index (χ3n) is 3.57. The number of rotatable bonds is 2. The van der Waals surface area contributed by atoms with E-state index in [1.54, 1.807) is 0 Å². The number of nitrogens with zero attached hydrogens (tertiary/aromatic N) is 2. The van der Waals surface area contributed by atoms with Gasteiger partial charge in [-0.3, -0.25) is 4.79 Å². The third-order valence-corrected chi connectivity index (χ3v) is 4.11. The average Bonchev–Trinajstić information content (AvgIpc) is 3.04. The van der Waals surface area contributed by atoms with Crippen LogP contribution in [0.4, 0.5) is 5.69 Å². The molecule has 0 unspecified atom stereocenters. The Hall–Kier alpha value is -2.79. The zero-order chi connectivity index (χ0) is 14.9. The molecule has 1 N–H and O–H groups in total. The van der Waals surface area contributed by atoms with Crippen molar-refractivity contribution >= 4 is 45.1 Å². The third kappa shape index (κ3) is 2.12. The van der Waals surface area contributed by atoms with Crippen molar-refractivity contribution in [1.29, 1.82) is 0 Å². The van der Waals surface area contributed by atoms with E-state index >= 15 is 0 Å². The van der Waals surface area contributed by atoms with Crippen molar-refractivity contribution < 1.29 is 4.79 Å². The fraction of sp³-hybridized carbons (Fsp3) is 0. The summed E-state index contributed by atoms with van der Waals surface area (Å²) in [5, 5.41) is 4.93. The van der Waals surface area contributed by atoms with Gasteiger partial charge in [-0.15, -0.1) is 0 Å². The summed E-state index contributed by atoms with van der Waals surface area (Å²) in [6.07, 6.45) is 0. The minimum Gasteiger partial charge on any atom is -0.320 e. The summed E-state index contributed by atoms with van der Waals surface area (Å²) in [5.41, 5.74) is 2.85. The molecule has 0 fully saturated rings. The van der Waals surface area contributed by atoms with Crippen LogP contribution in [0, 0.1) is 0 Å². The van der Waals surface area contributed by atoms with Crippen LogP contribution in [0.25, 0.3) is 21.8 Å². The van der Waals surface area contributed by atoms with Gasteiger partial charge in [0, 0.05) is 5.56 Å². The Morgan fingerprint density at radius 3 is 2.68 bits per heavy atom. The highest BCUT2D eigenvalue weighted by Gasteiger charge is 2.12. The monoisotopic (exact) mass is 305 g/mol. The molecule has 0 aliphatic carbocycles. The minimum atomic E-state index is -0.141. The van der Waals surface area contributed by atoms with E-state index in [4.69, 9.17) is 0 Å². The van der Waals surface area contributed by atoms with Gasteiger partial charge in [0.1, 0.15) is 11.0 Å². The first-order valence-electron chi connectivity index (χ1n) is 6.83. The molecule has 1 amide bonds. The van der Waals surface area contributed by atoms with Gasteiger partial charge in [0.05, 0.1) is 17.4 Å². The zero-order valence-corrected chi connectivity index (χ0v) is 12.3. The van der Waals surface area contributed by atoms with Crippen LogP contribution in [0.2, 0.25) is 0 Å². The molecule has 5 heteroatoms.